The molecule has 0 heterocycles. The third kappa shape index (κ3) is 6.01. The third-order valence-corrected chi connectivity index (χ3v) is 4.57. The minimum absolute atomic E-state index is 0.432. The fourth-order valence-electron chi connectivity index (χ4n) is 2.80. The minimum atomic E-state index is -0.432. The quantitative estimate of drug-likeness (QED) is 0.461. The van der Waals surface area contributed by atoms with E-state index >= 15 is 0 Å². The van der Waals surface area contributed by atoms with Gasteiger partial charge in [-0.2, -0.15) is 0 Å². The van der Waals surface area contributed by atoms with Crippen molar-refractivity contribution < 1.29 is 9.53 Å². The maximum atomic E-state index is 11.3. The zero-order chi connectivity index (χ0) is 19.8. The van der Waals surface area contributed by atoms with E-state index in [9.17, 15) is 4.79 Å². The average Bonchev–Trinajstić information content (AvgIpc) is 3.54. The maximum Gasteiger partial charge on any atom is 0.248 e. The van der Waals surface area contributed by atoms with Crippen molar-refractivity contribution in [1.29, 1.82) is 0 Å². The number of hydrogen-bond acceptors (Lipinski definition) is 3. The first-order valence-corrected chi connectivity index (χ1v) is 9.77. The van der Waals surface area contributed by atoms with Gasteiger partial charge in [-0.3, -0.25) is 4.79 Å². The predicted octanol–water partition coefficient (Wildman–Crippen LogP) is 2.83. The molecule has 0 radical (unpaired) electrons. The van der Waals surface area contributed by atoms with Crippen LogP contribution in [-0.4, -0.2) is 25.0 Å². The maximum absolute atomic E-state index is 11.3. The van der Waals surface area contributed by atoms with Gasteiger partial charge in [0.1, 0.15) is 5.75 Å². The summed E-state index contributed by atoms with van der Waals surface area (Å²) in [5.41, 5.74) is 7.87. The number of ether oxygens (including phenoxy) is 1. The molecule has 6 nitrogen and oxygen atoms in total. The fourth-order valence-corrected chi connectivity index (χ4v) is 2.80. The van der Waals surface area contributed by atoms with E-state index in [1.807, 2.05) is 37.3 Å². The molecular weight excluding hydrogens is 352 g/mol. The molecule has 0 spiro atoms. The van der Waals surface area contributed by atoms with Crippen LogP contribution in [0.5, 0.6) is 5.75 Å². The Morgan fingerprint density at radius 3 is 2.75 bits per heavy atom. The number of nitrogens with one attached hydrogen (secondary N) is 2. The monoisotopic (exact) mass is 380 g/mol. The second kappa shape index (κ2) is 9.78. The first-order valence-electron chi connectivity index (χ1n) is 9.77. The summed E-state index contributed by atoms with van der Waals surface area (Å²) in [7, 11) is 0. The van der Waals surface area contributed by atoms with Crippen LogP contribution in [0.1, 0.15) is 41.3 Å². The molecule has 1 aliphatic rings. The normalized spacial score (nSPS) is 13.8. The number of nitrogens with two attached hydrogens (primary N) is 1. The van der Waals surface area contributed by atoms with Gasteiger partial charge in [-0.05, 0) is 49.4 Å². The lowest BCUT2D eigenvalue weighted by molar-refractivity contribution is 0.1000. The van der Waals surface area contributed by atoms with Crippen LogP contribution in [0.15, 0.2) is 53.5 Å². The topological polar surface area (TPSA) is 88.7 Å². The number of primary amides is 1. The molecule has 1 saturated carbocycles. The fraction of sp³-hybridized carbons (Fsp3) is 0.364. The first kappa shape index (κ1) is 19.7. The predicted molar refractivity (Wildman–Crippen MR) is 111 cm³/mol. The van der Waals surface area contributed by atoms with Crippen LogP contribution in [0.4, 0.5) is 0 Å². The number of carbonyl (C=O) groups excluding carboxylic acids is 1. The van der Waals surface area contributed by atoms with E-state index in [0.29, 0.717) is 24.6 Å². The van der Waals surface area contributed by atoms with E-state index in [2.05, 4.69) is 21.7 Å². The summed E-state index contributed by atoms with van der Waals surface area (Å²) < 4.78 is 5.97. The second-order valence-electron chi connectivity index (χ2n) is 6.98. The molecule has 2 aromatic carbocycles. The highest BCUT2D eigenvalue weighted by Gasteiger charge is 2.22. The standard InChI is InChI=1S/C22H28N4O2/c1-2-24-22(25-13-17-6-5-8-18(12-17)21(23)27)26-14-19-7-3-4-9-20(19)28-15-16-10-11-16/h3-9,12,16H,2,10-11,13-15H2,1H3,(H2,23,27)(H2,24,25,26). The number of benzene rings is 2. The van der Waals surface area contributed by atoms with Crippen LogP contribution >= 0.6 is 0 Å². The Labute approximate surface area is 166 Å². The highest BCUT2D eigenvalue weighted by molar-refractivity contribution is 5.92. The van der Waals surface area contributed by atoms with Crippen molar-refractivity contribution in [3.63, 3.8) is 0 Å². The number of rotatable bonds is 9. The van der Waals surface area contributed by atoms with Crippen LogP contribution in [-0.2, 0) is 13.1 Å². The van der Waals surface area contributed by atoms with Gasteiger partial charge in [0, 0.05) is 24.2 Å². The summed E-state index contributed by atoms with van der Waals surface area (Å²) >= 11 is 0. The highest BCUT2D eigenvalue weighted by atomic mass is 16.5. The molecule has 148 valence electrons. The molecular formula is C22H28N4O2. The van der Waals surface area contributed by atoms with Crippen LogP contribution in [0.2, 0.25) is 0 Å². The minimum Gasteiger partial charge on any atom is -0.493 e. The number of aliphatic imine (C=N–C) groups is 1. The highest BCUT2D eigenvalue weighted by Crippen LogP contribution is 2.30. The molecule has 4 N–H and O–H groups in total. The largest absolute Gasteiger partial charge is 0.493 e. The summed E-state index contributed by atoms with van der Waals surface area (Å²) in [6.45, 7) is 4.65. The van der Waals surface area contributed by atoms with Crippen molar-refractivity contribution in [2.24, 2.45) is 16.6 Å². The number of nitrogens with zero attached hydrogens (tertiary/aromatic N) is 1. The zero-order valence-corrected chi connectivity index (χ0v) is 16.3. The van der Waals surface area contributed by atoms with Gasteiger partial charge in [-0.15, -0.1) is 0 Å². The van der Waals surface area contributed by atoms with Gasteiger partial charge in [0.15, 0.2) is 5.96 Å². The van der Waals surface area contributed by atoms with Gasteiger partial charge < -0.3 is 21.1 Å². The molecule has 0 aliphatic heterocycles. The smallest absolute Gasteiger partial charge is 0.248 e. The molecule has 0 unspecified atom stereocenters. The van der Waals surface area contributed by atoms with E-state index in [4.69, 9.17) is 10.5 Å². The number of carbonyl (C=O) groups is 1. The SMILES string of the molecule is CCNC(=NCc1cccc(C(N)=O)c1)NCc1ccccc1OCC1CC1. The van der Waals surface area contributed by atoms with Crippen LogP contribution in [0, 0.1) is 5.92 Å². The Morgan fingerprint density at radius 2 is 2.00 bits per heavy atom. The Morgan fingerprint density at radius 1 is 1.18 bits per heavy atom. The summed E-state index contributed by atoms with van der Waals surface area (Å²) in [6, 6.07) is 15.3. The Bertz CT molecular complexity index is 831. The van der Waals surface area contributed by atoms with Crippen LogP contribution in [0.25, 0.3) is 0 Å². The Hall–Kier alpha value is -3.02. The van der Waals surface area contributed by atoms with E-state index in [1.165, 1.54) is 12.8 Å². The molecule has 3 rings (SSSR count). The molecule has 1 aliphatic carbocycles. The molecule has 1 fully saturated rings. The molecule has 6 heteroatoms. The molecule has 2 aromatic rings. The number of amides is 1. The van der Waals surface area contributed by atoms with E-state index in [1.54, 1.807) is 12.1 Å². The van der Waals surface area contributed by atoms with E-state index in [-0.39, 0.29) is 0 Å². The summed E-state index contributed by atoms with van der Waals surface area (Å²) in [5, 5.41) is 6.60. The molecule has 0 saturated heterocycles. The summed E-state index contributed by atoms with van der Waals surface area (Å²) in [5.74, 6) is 1.92. The van der Waals surface area contributed by atoms with Crippen molar-refractivity contribution in [2.75, 3.05) is 13.2 Å². The van der Waals surface area contributed by atoms with Crippen molar-refractivity contribution in [1.82, 2.24) is 10.6 Å². The Balaban J connectivity index is 1.62. The Kier molecular flexibility index (Phi) is 6.89. The average molecular weight is 380 g/mol. The lowest BCUT2D eigenvalue weighted by atomic mass is 10.1. The molecule has 0 bridgehead atoms. The number of para-hydroxylation sites is 1. The number of hydrogen-bond donors (Lipinski definition) is 3. The van der Waals surface area contributed by atoms with E-state index < -0.39 is 5.91 Å². The molecule has 1 amide bonds. The first-order chi connectivity index (χ1) is 13.7. The van der Waals surface area contributed by atoms with Crippen LogP contribution < -0.4 is 21.1 Å². The van der Waals surface area contributed by atoms with Crippen molar-refractivity contribution in [3.8, 4) is 5.75 Å². The van der Waals surface area contributed by atoms with Gasteiger partial charge in [-0.25, -0.2) is 4.99 Å². The van der Waals surface area contributed by atoms with E-state index in [0.717, 1.165) is 35.9 Å². The molecule has 0 atom stereocenters. The summed E-state index contributed by atoms with van der Waals surface area (Å²) in [4.78, 5) is 15.9. The van der Waals surface area contributed by atoms with Crippen molar-refractivity contribution in [2.45, 2.75) is 32.9 Å². The van der Waals surface area contributed by atoms with Gasteiger partial charge in [0.05, 0.1) is 13.2 Å². The lowest BCUT2D eigenvalue weighted by Crippen LogP contribution is -2.36. The second-order valence-corrected chi connectivity index (χ2v) is 6.98. The van der Waals surface area contributed by atoms with Gasteiger partial charge in [0.25, 0.3) is 0 Å². The van der Waals surface area contributed by atoms with Crippen molar-refractivity contribution >= 4 is 11.9 Å². The molecule has 0 aromatic heterocycles. The summed E-state index contributed by atoms with van der Waals surface area (Å²) in [6.07, 6.45) is 2.54. The van der Waals surface area contributed by atoms with Crippen molar-refractivity contribution in [3.05, 3.63) is 65.2 Å². The lowest BCUT2D eigenvalue weighted by Gasteiger charge is -2.14. The van der Waals surface area contributed by atoms with Crippen LogP contribution in [0.3, 0.4) is 0 Å². The third-order valence-electron chi connectivity index (χ3n) is 4.57. The van der Waals surface area contributed by atoms with Gasteiger partial charge in [0.2, 0.25) is 5.91 Å². The number of guanidine groups is 1. The molecule has 28 heavy (non-hydrogen) atoms. The van der Waals surface area contributed by atoms with Gasteiger partial charge in [-0.1, -0.05) is 30.3 Å². The zero-order valence-electron chi connectivity index (χ0n) is 16.3. The van der Waals surface area contributed by atoms with Gasteiger partial charge >= 0.3 is 0 Å².